The third kappa shape index (κ3) is 5.89. The molecule has 0 spiro atoms. The Morgan fingerprint density at radius 1 is 0.286 bits per heavy atom. The summed E-state index contributed by atoms with van der Waals surface area (Å²) in [5.74, 6) is -0.220. The van der Waals surface area contributed by atoms with Crippen LogP contribution in [0.2, 0.25) is 0 Å². The van der Waals surface area contributed by atoms with Crippen LogP contribution in [-0.2, 0) is 0 Å². The Morgan fingerprint density at radius 2 is 0.750 bits per heavy atom. The fourth-order valence-corrected chi connectivity index (χ4v) is 8.29. The summed E-state index contributed by atoms with van der Waals surface area (Å²) in [5.41, 5.74) is 12.0. The second kappa shape index (κ2) is 14.2. The molecule has 0 aromatic heterocycles. The van der Waals surface area contributed by atoms with Crippen LogP contribution in [0.5, 0.6) is 0 Å². The fourth-order valence-electron chi connectivity index (χ4n) is 8.29. The van der Waals surface area contributed by atoms with Gasteiger partial charge in [0.1, 0.15) is 5.82 Å². The molecule has 10 aromatic rings. The van der Waals surface area contributed by atoms with E-state index < -0.39 is 0 Å². The van der Waals surface area contributed by atoms with Crippen LogP contribution >= 0.6 is 0 Å². The summed E-state index contributed by atoms with van der Waals surface area (Å²) in [5, 5.41) is 6.34. The van der Waals surface area contributed by atoms with Crippen LogP contribution in [0.1, 0.15) is 0 Å². The van der Waals surface area contributed by atoms with E-state index in [4.69, 9.17) is 0 Å². The highest BCUT2D eigenvalue weighted by Crippen LogP contribution is 2.45. The van der Waals surface area contributed by atoms with Gasteiger partial charge in [0.25, 0.3) is 0 Å². The van der Waals surface area contributed by atoms with Crippen molar-refractivity contribution in [3.63, 3.8) is 0 Å². The van der Waals surface area contributed by atoms with E-state index in [0.717, 1.165) is 50.1 Å². The van der Waals surface area contributed by atoms with Gasteiger partial charge in [0, 0.05) is 27.5 Å². The molecule has 0 atom stereocenters. The molecule has 0 bridgehead atoms. The highest BCUT2D eigenvalue weighted by Gasteiger charge is 2.19. The van der Waals surface area contributed by atoms with Crippen molar-refractivity contribution in [1.82, 2.24) is 0 Å². The molecule has 0 saturated carbocycles. The summed E-state index contributed by atoms with van der Waals surface area (Å²) in [6.07, 6.45) is 0. The highest BCUT2D eigenvalue weighted by atomic mass is 19.1. The number of halogens is 1. The first-order valence-corrected chi connectivity index (χ1v) is 19.0. The first kappa shape index (κ1) is 33.3. The normalized spacial score (nSPS) is 11.3. The first-order chi connectivity index (χ1) is 27.7. The molecule has 264 valence electrons. The number of anilines is 3. The van der Waals surface area contributed by atoms with E-state index in [0.29, 0.717) is 5.39 Å². The molecule has 0 radical (unpaired) electrons. The quantitative estimate of drug-likeness (QED) is 0.159. The Kier molecular flexibility index (Phi) is 8.42. The molecule has 0 aliphatic carbocycles. The second-order valence-corrected chi connectivity index (χ2v) is 14.2. The van der Waals surface area contributed by atoms with Crippen molar-refractivity contribution in [2.24, 2.45) is 0 Å². The molecule has 10 rings (SSSR count). The lowest BCUT2D eigenvalue weighted by atomic mass is 9.91. The van der Waals surface area contributed by atoms with Crippen LogP contribution < -0.4 is 4.90 Å². The van der Waals surface area contributed by atoms with Crippen LogP contribution in [0.25, 0.3) is 76.8 Å². The van der Waals surface area contributed by atoms with E-state index in [-0.39, 0.29) is 5.82 Å². The minimum absolute atomic E-state index is 0.220. The molecule has 0 heterocycles. The molecule has 10 aromatic carbocycles. The zero-order valence-electron chi connectivity index (χ0n) is 30.6. The van der Waals surface area contributed by atoms with E-state index in [1.54, 1.807) is 6.07 Å². The smallest absolute Gasteiger partial charge is 0.131 e. The van der Waals surface area contributed by atoms with Crippen molar-refractivity contribution in [1.29, 1.82) is 0 Å². The van der Waals surface area contributed by atoms with Gasteiger partial charge in [0.2, 0.25) is 0 Å². The summed E-state index contributed by atoms with van der Waals surface area (Å²) in [7, 11) is 0. The topological polar surface area (TPSA) is 3.24 Å². The number of hydrogen-bond acceptors (Lipinski definition) is 1. The molecule has 0 aliphatic rings. The van der Waals surface area contributed by atoms with Gasteiger partial charge in [0.15, 0.2) is 0 Å². The van der Waals surface area contributed by atoms with Gasteiger partial charge in [-0.25, -0.2) is 4.39 Å². The molecule has 0 unspecified atom stereocenters. The highest BCUT2D eigenvalue weighted by molar-refractivity contribution is 6.11. The van der Waals surface area contributed by atoms with Gasteiger partial charge in [-0.3, -0.25) is 0 Å². The summed E-state index contributed by atoms with van der Waals surface area (Å²) in [4.78, 5) is 2.35. The van der Waals surface area contributed by atoms with E-state index in [9.17, 15) is 0 Å². The third-order valence-electron chi connectivity index (χ3n) is 11.0. The Morgan fingerprint density at radius 3 is 1.48 bits per heavy atom. The molecule has 0 N–H and O–H groups in total. The van der Waals surface area contributed by atoms with Gasteiger partial charge in [-0.2, -0.15) is 0 Å². The molecular weight excluding hydrogens is 682 g/mol. The van der Waals surface area contributed by atoms with Crippen molar-refractivity contribution < 1.29 is 4.39 Å². The summed E-state index contributed by atoms with van der Waals surface area (Å²) < 4.78 is 15.4. The van der Waals surface area contributed by atoms with E-state index >= 15 is 4.39 Å². The van der Waals surface area contributed by atoms with Crippen LogP contribution in [-0.4, -0.2) is 0 Å². The second-order valence-electron chi connectivity index (χ2n) is 14.2. The summed E-state index contributed by atoms with van der Waals surface area (Å²) in [6.45, 7) is 0. The zero-order valence-corrected chi connectivity index (χ0v) is 30.6. The lowest BCUT2D eigenvalue weighted by Crippen LogP contribution is -2.10. The van der Waals surface area contributed by atoms with Gasteiger partial charge < -0.3 is 4.90 Å². The number of nitrogens with zero attached hydrogens (tertiary/aromatic N) is 1. The van der Waals surface area contributed by atoms with Crippen molar-refractivity contribution in [2.75, 3.05) is 4.90 Å². The molecule has 0 fully saturated rings. The maximum absolute atomic E-state index is 15.4. The zero-order chi connectivity index (χ0) is 37.4. The SMILES string of the molecule is Fc1ccc(-c2ccc(N(c3ccc(-c4ccccc4)cc3)c3ccc(-c4cccc5ccccc45)c4ccccc34)cc2)c2c(-c3ccccc3)cccc12. The molecule has 0 saturated heterocycles. The lowest BCUT2D eigenvalue weighted by molar-refractivity contribution is 0.640. The Balaban J connectivity index is 1.14. The van der Waals surface area contributed by atoms with Crippen molar-refractivity contribution in [3.8, 4) is 44.5 Å². The predicted octanol–water partition coefficient (Wildman–Crippen LogP) is 15.4. The standard InChI is InChI=1S/C54H36FN/c55-52-35-33-46(54-45(22-12-24-51(52)54)40-15-5-2-6-16-40)41-27-31-43(32-28-41)56(42-29-25-38(26-30-42)37-13-3-1-4-14-37)53-36-34-49(48-20-9-10-21-50(48)53)47-23-11-18-39-17-7-8-19-44(39)47/h1-36H. The largest absolute Gasteiger partial charge is 0.310 e. The third-order valence-corrected chi connectivity index (χ3v) is 11.0. The average Bonchev–Trinajstić information content (AvgIpc) is 3.27. The van der Waals surface area contributed by atoms with Crippen molar-refractivity contribution in [3.05, 3.63) is 224 Å². The van der Waals surface area contributed by atoms with Gasteiger partial charge in [-0.1, -0.05) is 182 Å². The van der Waals surface area contributed by atoms with Crippen molar-refractivity contribution in [2.45, 2.75) is 0 Å². The minimum atomic E-state index is -0.220. The Labute approximate surface area is 326 Å². The minimum Gasteiger partial charge on any atom is -0.310 e. The van der Waals surface area contributed by atoms with Gasteiger partial charge in [-0.15, -0.1) is 0 Å². The summed E-state index contributed by atoms with van der Waals surface area (Å²) >= 11 is 0. The van der Waals surface area contributed by atoms with Gasteiger partial charge in [-0.05, 0) is 97.1 Å². The number of fused-ring (bicyclic) bond motifs is 3. The average molecular weight is 718 g/mol. The van der Waals surface area contributed by atoms with Crippen LogP contribution in [0.3, 0.4) is 0 Å². The maximum Gasteiger partial charge on any atom is 0.131 e. The van der Waals surface area contributed by atoms with E-state index in [2.05, 4.69) is 175 Å². The molecule has 2 heteroatoms. The van der Waals surface area contributed by atoms with Crippen LogP contribution in [0, 0.1) is 5.82 Å². The molecule has 56 heavy (non-hydrogen) atoms. The van der Waals surface area contributed by atoms with E-state index in [1.165, 1.54) is 38.4 Å². The van der Waals surface area contributed by atoms with E-state index in [1.807, 2.05) is 42.5 Å². The molecular formula is C54H36FN. The van der Waals surface area contributed by atoms with Crippen LogP contribution in [0.15, 0.2) is 218 Å². The molecule has 0 aliphatic heterocycles. The molecule has 0 amide bonds. The monoisotopic (exact) mass is 717 g/mol. The predicted molar refractivity (Wildman–Crippen MR) is 235 cm³/mol. The summed E-state index contributed by atoms with van der Waals surface area (Å²) in [6, 6.07) is 76.1. The number of benzene rings is 10. The van der Waals surface area contributed by atoms with Crippen LogP contribution in [0.4, 0.5) is 21.5 Å². The maximum atomic E-state index is 15.4. The number of rotatable bonds is 7. The lowest BCUT2D eigenvalue weighted by Gasteiger charge is -2.28. The van der Waals surface area contributed by atoms with Gasteiger partial charge in [0.05, 0.1) is 5.69 Å². The molecule has 1 nitrogen and oxygen atoms in total. The fraction of sp³-hybridized carbons (Fsp3) is 0. The Hall–Kier alpha value is -7.29. The number of hydrogen-bond donors (Lipinski definition) is 0. The Bertz CT molecular complexity index is 3000. The first-order valence-electron chi connectivity index (χ1n) is 19.0. The van der Waals surface area contributed by atoms with Gasteiger partial charge >= 0.3 is 0 Å². The van der Waals surface area contributed by atoms with Crippen molar-refractivity contribution >= 4 is 49.4 Å².